The van der Waals surface area contributed by atoms with Crippen LogP contribution in [-0.2, 0) is 16.2 Å². The van der Waals surface area contributed by atoms with Gasteiger partial charge in [0.15, 0.2) is 0 Å². The molecule has 3 heterocycles. The van der Waals surface area contributed by atoms with Crippen LogP contribution in [0.25, 0.3) is 11.0 Å². The first-order valence-electron chi connectivity index (χ1n) is 11.6. The summed E-state index contributed by atoms with van der Waals surface area (Å²) in [5, 5.41) is 1.01. The molecule has 0 saturated heterocycles. The molecule has 1 aliphatic heterocycles. The lowest BCUT2D eigenvalue weighted by Gasteiger charge is -2.25. The number of pyridine rings is 1. The van der Waals surface area contributed by atoms with Gasteiger partial charge in [0.05, 0.1) is 24.5 Å². The number of carbonyl (C=O) groups excluding carboxylic acids is 1. The number of nitrogens with zero attached hydrogens (tertiary/aromatic N) is 3. The van der Waals surface area contributed by atoms with Gasteiger partial charge in [0.25, 0.3) is 0 Å². The van der Waals surface area contributed by atoms with Gasteiger partial charge >= 0.3 is 5.97 Å². The zero-order chi connectivity index (χ0) is 23.4. The first-order chi connectivity index (χ1) is 15.9. The van der Waals surface area contributed by atoms with Crippen molar-refractivity contribution < 1.29 is 19.0 Å². The minimum absolute atomic E-state index is 0.324. The van der Waals surface area contributed by atoms with E-state index in [0.717, 1.165) is 48.0 Å². The summed E-state index contributed by atoms with van der Waals surface area (Å²) in [5.41, 5.74) is 3.04. The molecule has 8 heteroatoms. The molecule has 0 amide bonds. The number of benzene rings is 1. The number of hydrogen-bond acceptors (Lipinski definition) is 6. The van der Waals surface area contributed by atoms with E-state index in [0.29, 0.717) is 31.4 Å². The summed E-state index contributed by atoms with van der Waals surface area (Å²) in [6, 6.07) is 12.8. The third-order valence-electron chi connectivity index (χ3n) is 5.66. The number of para-hydroxylation sites is 1. The Morgan fingerprint density at radius 2 is 2.00 bits per heavy atom. The molecule has 0 N–H and O–H groups in total. The topological polar surface area (TPSA) is 65.8 Å². The highest BCUT2D eigenvalue weighted by atomic mass is 28.3. The van der Waals surface area contributed by atoms with Crippen LogP contribution in [0, 0.1) is 0 Å². The fraction of sp³-hybridized carbons (Fsp3) is 0.440. The zero-order valence-electron chi connectivity index (χ0n) is 20.0. The van der Waals surface area contributed by atoms with Crippen molar-refractivity contribution in [3.05, 3.63) is 48.2 Å². The Kier molecular flexibility index (Phi) is 7.04. The maximum atomic E-state index is 12.6. The van der Waals surface area contributed by atoms with Crippen molar-refractivity contribution in [1.82, 2.24) is 9.55 Å². The highest BCUT2D eigenvalue weighted by molar-refractivity contribution is 6.76. The van der Waals surface area contributed by atoms with Gasteiger partial charge in [-0.15, -0.1) is 0 Å². The summed E-state index contributed by atoms with van der Waals surface area (Å²) in [6.07, 6.45) is 2.82. The molecule has 1 aliphatic rings. The highest BCUT2D eigenvalue weighted by Crippen LogP contribution is 2.38. The maximum Gasteiger partial charge on any atom is 0.340 e. The van der Waals surface area contributed by atoms with Crippen LogP contribution in [0.4, 0.5) is 11.4 Å². The Bertz CT molecular complexity index is 1120. The van der Waals surface area contributed by atoms with E-state index in [2.05, 4.69) is 30.6 Å². The van der Waals surface area contributed by atoms with Crippen molar-refractivity contribution in [2.24, 2.45) is 0 Å². The van der Waals surface area contributed by atoms with Crippen LogP contribution < -0.4 is 9.64 Å². The lowest BCUT2D eigenvalue weighted by atomic mass is 10.1. The maximum absolute atomic E-state index is 12.6. The van der Waals surface area contributed by atoms with E-state index in [1.54, 1.807) is 6.07 Å². The Balaban J connectivity index is 1.65. The monoisotopic (exact) mass is 467 g/mol. The number of esters is 1. The van der Waals surface area contributed by atoms with E-state index >= 15 is 0 Å². The van der Waals surface area contributed by atoms with Crippen molar-refractivity contribution in [2.45, 2.75) is 45.8 Å². The number of anilines is 2. The molecule has 0 saturated carbocycles. The van der Waals surface area contributed by atoms with Crippen LogP contribution in [0.15, 0.2) is 42.6 Å². The summed E-state index contributed by atoms with van der Waals surface area (Å²) in [5.74, 6) is 0.246. The van der Waals surface area contributed by atoms with Gasteiger partial charge in [0, 0.05) is 32.8 Å². The largest absolute Gasteiger partial charge is 0.476 e. The van der Waals surface area contributed by atoms with Crippen molar-refractivity contribution in [1.29, 1.82) is 0 Å². The van der Waals surface area contributed by atoms with Gasteiger partial charge in [-0.1, -0.05) is 31.8 Å². The molecule has 33 heavy (non-hydrogen) atoms. The van der Waals surface area contributed by atoms with Crippen molar-refractivity contribution in [3.8, 4) is 5.88 Å². The third kappa shape index (κ3) is 5.39. The molecule has 0 spiro atoms. The molecule has 3 aromatic rings. The summed E-state index contributed by atoms with van der Waals surface area (Å²) in [4.78, 5) is 19.6. The van der Waals surface area contributed by atoms with Gasteiger partial charge in [-0.3, -0.25) is 0 Å². The number of ether oxygens (including phenoxy) is 3. The molecule has 0 bridgehead atoms. The van der Waals surface area contributed by atoms with Crippen molar-refractivity contribution in [2.75, 3.05) is 31.3 Å². The standard InChI is InChI=1S/C25H33N3O4Si/c1-5-31-25(29)20-9-6-7-10-21(20)28-12-8-14-32-24-22(28)17-19-11-13-27(23(19)26-24)18-30-15-16-33(2,3)4/h6-7,9-11,13,17H,5,8,12,14-16,18H2,1-4H3. The average Bonchev–Trinajstić information content (AvgIpc) is 3.05. The number of hydrogen-bond donors (Lipinski definition) is 0. The molecule has 176 valence electrons. The molecular formula is C25H33N3O4Si. The van der Waals surface area contributed by atoms with E-state index < -0.39 is 8.07 Å². The smallest absolute Gasteiger partial charge is 0.340 e. The number of rotatable bonds is 8. The van der Waals surface area contributed by atoms with Crippen molar-refractivity contribution >= 4 is 36.5 Å². The van der Waals surface area contributed by atoms with Crippen LogP contribution in [0.1, 0.15) is 23.7 Å². The molecule has 0 aliphatic carbocycles. The normalized spacial score (nSPS) is 14.0. The van der Waals surface area contributed by atoms with E-state index in [1.165, 1.54) is 0 Å². The van der Waals surface area contributed by atoms with Crippen LogP contribution >= 0.6 is 0 Å². The molecule has 4 rings (SSSR count). The van der Waals surface area contributed by atoms with E-state index in [-0.39, 0.29) is 5.97 Å². The molecule has 0 unspecified atom stereocenters. The number of fused-ring (bicyclic) bond motifs is 2. The van der Waals surface area contributed by atoms with Crippen molar-refractivity contribution in [3.63, 3.8) is 0 Å². The summed E-state index contributed by atoms with van der Waals surface area (Å²) in [6.45, 7) is 11.7. The lowest BCUT2D eigenvalue weighted by molar-refractivity contribution is 0.0527. The lowest BCUT2D eigenvalue weighted by Crippen LogP contribution is -2.22. The predicted octanol–water partition coefficient (Wildman–Crippen LogP) is 5.45. The number of aromatic nitrogens is 2. The summed E-state index contributed by atoms with van der Waals surface area (Å²) < 4.78 is 19.3. The molecular weight excluding hydrogens is 434 g/mol. The van der Waals surface area contributed by atoms with Gasteiger partial charge in [-0.25, -0.2) is 4.79 Å². The van der Waals surface area contributed by atoms with Crippen LogP contribution in [0.5, 0.6) is 5.88 Å². The van der Waals surface area contributed by atoms with E-state index in [4.69, 9.17) is 19.2 Å². The van der Waals surface area contributed by atoms with Crippen LogP contribution in [-0.4, -0.2) is 50.0 Å². The molecule has 1 aromatic carbocycles. The Morgan fingerprint density at radius 1 is 1.18 bits per heavy atom. The summed E-state index contributed by atoms with van der Waals surface area (Å²) in [7, 11) is -1.12. The second kappa shape index (κ2) is 9.97. The van der Waals surface area contributed by atoms with Gasteiger partial charge in [0.1, 0.15) is 18.1 Å². The second-order valence-electron chi connectivity index (χ2n) is 9.45. The van der Waals surface area contributed by atoms with Gasteiger partial charge in [-0.05, 0) is 43.7 Å². The van der Waals surface area contributed by atoms with Gasteiger partial charge in [-0.2, -0.15) is 4.98 Å². The Hall–Kier alpha value is -2.84. The quantitative estimate of drug-likeness (QED) is 0.249. The molecule has 7 nitrogen and oxygen atoms in total. The Morgan fingerprint density at radius 3 is 2.79 bits per heavy atom. The second-order valence-corrected chi connectivity index (χ2v) is 15.1. The fourth-order valence-corrected chi connectivity index (χ4v) is 4.64. The fourth-order valence-electron chi connectivity index (χ4n) is 3.88. The predicted molar refractivity (Wildman–Crippen MR) is 133 cm³/mol. The molecule has 0 atom stereocenters. The van der Waals surface area contributed by atoms with Gasteiger partial charge in [0.2, 0.25) is 5.88 Å². The molecule has 0 radical (unpaired) electrons. The first-order valence-corrected chi connectivity index (χ1v) is 15.3. The van der Waals surface area contributed by atoms with E-state index in [1.807, 2.05) is 42.0 Å². The minimum Gasteiger partial charge on any atom is -0.476 e. The summed E-state index contributed by atoms with van der Waals surface area (Å²) >= 11 is 0. The zero-order valence-corrected chi connectivity index (χ0v) is 21.0. The highest BCUT2D eigenvalue weighted by Gasteiger charge is 2.25. The van der Waals surface area contributed by atoms with Crippen LogP contribution in [0.2, 0.25) is 25.7 Å². The average molecular weight is 468 g/mol. The first kappa shape index (κ1) is 23.3. The SMILES string of the molecule is CCOC(=O)c1ccccc1N1CCCOc2nc3c(ccn3COCC[Si](C)(C)C)cc21. The number of carbonyl (C=O) groups is 1. The van der Waals surface area contributed by atoms with E-state index in [9.17, 15) is 4.79 Å². The van der Waals surface area contributed by atoms with Gasteiger partial charge < -0.3 is 23.7 Å². The Labute approximate surface area is 196 Å². The minimum atomic E-state index is -1.12. The molecule has 2 aromatic heterocycles. The molecule has 0 fully saturated rings. The third-order valence-corrected chi connectivity index (χ3v) is 7.36. The van der Waals surface area contributed by atoms with Crippen LogP contribution in [0.3, 0.4) is 0 Å².